The van der Waals surface area contributed by atoms with Gasteiger partial charge in [-0.25, -0.2) is 4.39 Å². The fraction of sp³-hybridized carbons (Fsp3) is 0.273. The summed E-state index contributed by atoms with van der Waals surface area (Å²) in [7, 11) is 0. The fourth-order valence-corrected chi connectivity index (χ4v) is 0.902. The van der Waals surface area contributed by atoms with Crippen LogP contribution in [0, 0.1) is 11.8 Å². The molecule has 0 aliphatic heterocycles. The Morgan fingerprint density at radius 1 is 1.31 bits per heavy atom. The SMILES string of the molecule is NCCC(F)C#Cc1ccccc1. The van der Waals surface area contributed by atoms with Crippen molar-refractivity contribution in [1.29, 1.82) is 0 Å². The second kappa shape index (κ2) is 5.34. The third-order valence-electron chi connectivity index (χ3n) is 1.57. The summed E-state index contributed by atoms with van der Waals surface area (Å²) >= 11 is 0. The van der Waals surface area contributed by atoms with Crippen LogP contribution in [0.4, 0.5) is 4.39 Å². The van der Waals surface area contributed by atoms with Crippen molar-refractivity contribution < 1.29 is 4.39 Å². The Balaban J connectivity index is 2.57. The van der Waals surface area contributed by atoms with Crippen molar-refractivity contribution in [3.8, 4) is 11.8 Å². The lowest BCUT2D eigenvalue weighted by molar-refractivity contribution is 0.395. The first-order valence-electron chi connectivity index (χ1n) is 4.23. The quantitative estimate of drug-likeness (QED) is 0.684. The van der Waals surface area contributed by atoms with Gasteiger partial charge in [-0.05, 0) is 18.7 Å². The minimum absolute atomic E-state index is 0.305. The van der Waals surface area contributed by atoms with Crippen molar-refractivity contribution in [2.24, 2.45) is 5.73 Å². The smallest absolute Gasteiger partial charge is 0.162 e. The van der Waals surface area contributed by atoms with Gasteiger partial charge < -0.3 is 5.73 Å². The third kappa shape index (κ3) is 3.73. The number of hydrogen-bond donors (Lipinski definition) is 1. The van der Waals surface area contributed by atoms with Gasteiger partial charge in [0.1, 0.15) is 0 Å². The van der Waals surface area contributed by atoms with E-state index >= 15 is 0 Å². The second-order valence-corrected chi connectivity index (χ2v) is 2.68. The van der Waals surface area contributed by atoms with E-state index in [0.29, 0.717) is 13.0 Å². The van der Waals surface area contributed by atoms with Crippen LogP contribution in [0.1, 0.15) is 12.0 Å². The molecule has 0 amide bonds. The van der Waals surface area contributed by atoms with Gasteiger partial charge in [-0.1, -0.05) is 30.0 Å². The number of hydrogen-bond acceptors (Lipinski definition) is 1. The number of alkyl halides is 1. The van der Waals surface area contributed by atoms with E-state index in [4.69, 9.17) is 5.73 Å². The maximum Gasteiger partial charge on any atom is 0.162 e. The van der Waals surface area contributed by atoms with Crippen molar-refractivity contribution in [3.05, 3.63) is 35.9 Å². The van der Waals surface area contributed by atoms with Crippen molar-refractivity contribution in [2.75, 3.05) is 6.54 Å². The van der Waals surface area contributed by atoms with E-state index in [9.17, 15) is 4.39 Å². The van der Waals surface area contributed by atoms with Gasteiger partial charge in [-0.3, -0.25) is 0 Å². The lowest BCUT2D eigenvalue weighted by atomic mass is 10.2. The van der Waals surface area contributed by atoms with Gasteiger partial charge in [-0.2, -0.15) is 0 Å². The normalized spacial score (nSPS) is 11.5. The van der Waals surface area contributed by atoms with E-state index in [1.54, 1.807) is 0 Å². The maximum atomic E-state index is 12.8. The van der Waals surface area contributed by atoms with Crippen molar-refractivity contribution in [1.82, 2.24) is 0 Å². The molecule has 1 aromatic rings. The Morgan fingerprint density at radius 2 is 2.00 bits per heavy atom. The Kier molecular flexibility index (Phi) is 4.01. The predicted octanol–water partition coefficient (Wildman–Crippen LogP) is 1.73. The molecule has 0 aliphatic carbocycles. The van der Waals surface area contributed by atoms with E-state index in [-0.39, 0.29) is 0 Å². The molecule has 0 aromatic heterocycles. The Morgan fingerprint density at radius 3 is 2.62 bits per heavy atom. The summed E-state index contributed by atoms with van der Waals surface area (Å²) in [6.07, 6.45) is -0.801. The zero-order chi connectivity index (χ0) is 9.52. The lowest BCUT2D eigenvalue weighted by Crippen LogP contribution is -2.06. The summed E-state index contributed by atoms with van der Waals surface area (Å²) in [6.45, 7) is 0.338. The lowest BCUT2D eigenvalue weighted by Gasteiger charge is -1.94. The molecule has 2 N–H and O–H groups in total. The van der Waals surface area contributed by atoms with Crippen LogP contribution in [0.3, 0.4) is 0 Å². The second-order valence-electron chi connectivity index (χ2n) is 2.68. The summed E-state index contributed by atoms with van der Waals surface area (Å²) in [6, 6.07) is 9.35. The van der Waals surface area contributed by atoms with Crippen LogP contribution in [0.15, 0.2) is 30.3 Å². The van der Waals surface area contributed by atoms with Gasteiger partial charge in [0.15, 0.2) is 6.17 Å². The first-order valence-corrected chi connectivity index (χ1v) is 4.23. The molecular weight excluding hydrogens is 165 g/mol. The monoisotopic (exact) mass is 177 g/mol. The number of nitrogens with two attached hydrogens (primary N) is 1. The molecule has 1 rings (SSSR count). The van der Waals surface area contributed by atoms with E-state index in [1.165, 1.54) is 0 Å². The summed E-state index contributed by atoms with van der Waals surface area (Å²) in [4.78, 5) is 0. The Bertz CT molecular complexity index is 297. The van der Waals surface area contributed by atoms with E-state index in [2.05, 4.69) is 11.8 Å². The molecule has 0 aliphatic rings. The third-order valence-corrected chi connectivity index (χ3v) is 1.57. The fourth-order valence-electron chi connectivity index (χ4n) is 0.902. The van der Waals surface area contributed by atoms with Gasteiger partial charge in [-0.15, -0.1) is 0 Å². The highest BCUT2D eigenvalue weighted by Crippen LogP contribution is 1.97. The summed E-state index contributed by atoms with van der Waals surface area (Å²) in [5.74, 6) is 5.25. The van der Waals surface area contributed by atoms with E-state index in [0.717, 1.165) is 5.56 Å². The molecule has 0 bridgehead atoms. The molecular formula is C11H12FN. The van der Waals surface area contributed by atoms with E-state index in [1.807, 2.05) is 30.3 Å². The average molecular weight is 177 g/mol. The molecule has 0 saturated carbocycles. The van der Waals surface area contributed by atoms with Crippen molar-refractivity contribution >= 4 is 0 Å². The molecule has 2 heteroatoms. The van der Waals surface area contributed by atoms with Gasteiger partial charge >= 0.3 is 0 Å². The van der Waals surface area contributed by atoms with E-state index < -0.39 is 6.17 Å². The van der Waals surface area contributed by atoms with Crippen LogP contribution >= 0.6 is 0 Å². The van der Waals surface area contributed by atoms with Crippen LogP contribution in [0.2, 0.25) is 0 Å². The van der Waals surface area contributed by atoms with Crippen LogP contribution in [-0.2, 0) is 0 Å². The topological polar surface area (TPSA) is 26.0 Å². The molecule has 0 spiro atoms. The largest absolute Gasteiger partial charge is 0.330 e. The van der Waals surface area contributed by atoms with Crippen molar-refractivity contribution in [2.45, 2.75) is 12.6 Å². The highest BCUT2D eigenvalue weighted by atomic mass is 19.1. The maximum absolute atomic E-state index is 12.8. The van der Waals surface area contributed by atoms with Crippen LogP contribution in [0.5, 0.6) is 0 Å². The van der Waals surface area contributed by atoms with Gasteiger partial charge in [0.2, 0.25) is 0 Å². The molecule has 0 heterocycles. The summed E-state index contributed by atoms with van der Waals surface area (Å²) < 4.78 is 12.8. The molecule has 0 fully saturated rings. The first-order chi connectivity index (χ1) is 6.33. The summed E-state index contributed by atoms with van der Waals surface area (Å²) in [5, 5.41) is 0. The van der Waals surface area contributed by atoms with Gasteiger partial charge in [0.05, 0.1) is 0 Å². The highest BCUT2D eigenvalue weighted by Gasteiger charge is 1.97. The van der Waals surface area contributed by atoms with Crippen LogP contribution in [0.25, 0.3) is 0 Å². The Hall–Kier alpha value is -1.33. The predicted molar refractivity (Wildman–Crippen MR) is 51.9 cm³/mol. The minimum atomic E-state index is -1.11. The average Bonchev–Trinajstić information content (AvgIpc) is 2.17. The zero-order valence-corrected chi connectivity index (χ0v) is 7.33. The highest BCUT2D eigenvalue weighted by molar-refractivity contribution is 5.34. The van der Waals surface area contributed by atoms with Crippen molar-refractivity contribution in [3.63, 3.8) is 0 Å². The molecule has 1 nitrogen and oxygen atoms in total. The Labute approximate surface area is 77.8 Å². The zero-order valence-electron chi connectivity index (χ0n) is 7.33. The number of rotatable bonds is 2. The molecule has 68 valence electrons. The number of halogens is 1. The molecule has 13 heavy (non-hydrogen) atoms. The van der Waals surface area contributed by atoms with Crippen LogP contribution < -0.4 is 5.73 Å². The van der Waals surface area contributed by atoms with Crippen LogP contribution in [-0.4, -0.2) is 12.7 Å². The number of benzene rings is 1. The molecule has 0 radical (unpaired) electrons. The molecule has 1 unspecified atom stereocenters. The standard InChI is InChI=1S/C11H12FN/c12-11(8-9-13)7-6-10-4-2-1-3-5-10/h1-5,11H,8-9,13H2. The molecule has 0 saturated heterocycles. The first kappa shape index (κ1) is 9.76. The minimum Gasteiger partial charge on any atom is -0.330 e. The van der Waals surface area contributed by atoms with Gasteiger partial charge in [0, 0.05) is 12.0 Å². The summed E-state index contributed by atoms with van der Waals surface area (Å²) in [5.41, 5.74) is 6.03. The van der Waals surface area contributed by atoms with Gasteiger partial charge in [0.25, 0.3) is 0 Å². The molecule has 1 atom stereocenters. The molecule has 1 aromatic carbocycles.